The lowest BCUT2D eigenvalue weighted by Gasteiger charge is -2.17. The Hall–Kier alpha value is -1.23. The molecule has 0 amide bonds. The Kier molecular flexibility index (Phi) is 3.76. The van der Waals surface area contributed by atoms with Crippen molar-refractivity contribution in [1.82, 2.24) is 9.97 Å². The Morgan fingerprint density at radius 3 is 2.57 bits per heavy atom. The summed E-state index contributed by atoms with van der Waals surface area (Å²) in [5.74, 6) is 0.0985. The van der Waals surface area contributed by atoms with Crippen LogP contribution in [0.3, 0.4) is 0 Å². The second kappa shape index (κ2) is 4.85. The maximum atomic E-state index is 12.5. The first-order chi connectivity index (χ1) is 6.59. The van der Waals surface area contributed by atoms with Crippen LogP contribution in [0.4, 0.5) is 10.3 Å². The topological polar surface area (TPSA) is 55.0 Å². The molecule has 1 atom stereocenters. The van der Waals surface area contributed by atoms with Gasteiger partial charge in [0.05, 0.1) is 12.4 Å². The predicted octanol–water partition coefficient (Wildman–Crippen LogP) is 0.789. The monoisotopic (exact) mass is 198 g/mol. The zero-order valence-electron chi connectivity index (χ0n) is 8.44. The van der Waals surface area contributed by atoms with Gasteiger partial charge in [0.25, 0.3) is 0 Å². The number of anilines is 1. The normalized spacial score (nSPS) is 12.6. The summed E-state index contributed by atoms with van der Waals surface area (Å²) in [4.78, 5) is 9.56. The Balaban J connectivity index is 2.52. The van der Waals surface area contributed by atoms with E-state index < -0.39 is 5.82 Å². The smallest absolute Gasteiger partial charge is 0.225 e. The third-order valence-corrected chi connectivity index (χ3v) is 1.87. The first-order valence-corrected chi connectivity index (χ1v) is 4.54. The van der Waals surface area contributed by atoms with Crippen molar-refractivity contribution < 1.29 is 4.39 Å². The Morgan fingerprint density at radius 2 is 2.07 bits per heavy atom. The molecule has 1 rings (SSSR count). The second-order valence-corrected chi connectivity index (χ2v) is 3.39. The lowest BCUT2D eigenvalue weighted by Crippen LogP contribution is -2.27. The molecule has 1 aromatic rings. The van der Waals surface area contributed by atoms with Crippen LogP contribution in [0, 0.1) is 5.82 Å². The molecule has 0 spiro atoms. The van der Waals surface area contributed by atoms with E-state index in [4.69, 9.17) is 5.73 Å². The highest BCUT2D eigenvalue weighted by Crippen LogP contribution is 2.04. The minimum absolute atomic E-state index is 0.151. The lowest BCUT2D eigenvalue weighted by atomic mass is 10.2. The van der Waals surface area contributed by atoms with Crippen LogP contribution in [0.5, 0.6) is 0 Å². The molecule has 1 aromatic heterocycles. The lowest BCUT2D eigenvalue weighted by molar-refractivity contribution is 0.609. The first-order valence-electron chi connectivity index (χ1n) is 4.54. The van der Waals surface area contributed by atoms with Crippen molar-refractivity contribution in [2.75, 3.05) is 18.5 Å². The number of hydrogen-bond acceptors (Lipinski definition) is 4. The number of hydrogen-bond donors (Lipinski definition) is 1. The van der Waals surface area contributed by atoms with Gasteiger partial charge in [-0.15, -0.1) is 0 Å². The quantitative estimate of drug-likeness (QED) is 0.777. The average molecular weight is 198 g/mol. The summed E-state index contributed by atoms with van der Waals surface area (Å²) in [5.41, 5.74) is 5.62. The van der Waals surface area contributed by atoms with Crippen LogP contribution in [0.1, 0.15) is 13.3 Å². The SMILES string of the molecule is CC(N)CCN(C)c1ncc(F)cn1. The molecular weight excluding hydrogens is 183 g/mol. The minimum atomic E-state index is -0.422. The summed E-state index contributed by atoms with van der Waals surface area (Å²) in [6, 6.07) is 0.151. The summed E-state index contributed by atoms with van der Waals surface area (Å²) in [6.45, 7) is 2.71. The molecule has 1 heterocycles. The van der Waals surface area contributed by atoms with Gasteiger partial charge in [0, 0.05) is 19.6 Å². The zero-order valence-corrected chi connectivity index (χ0v) is 8.44. The number of nitrogens with zero attached hydrogens (tertiary/aromatic N) is 3. The van der Waals surface area contributed by atoms with Gasteiger partial charge in [-0.1, -0.05) is 0 Å². The fourth-order valence-electron chi connectivity index (χ4n) is 1.000. The molecule has 14 heavy (non-hydrogen) atoms. The second-order valence-electron chi connectivity index (χ2n) is 3.39. The highest BCUT2D eigenvalue weighted by Gasteiger charge is 2.04. The molecule has 0 saturated carbocycles. The van der Waals surface area contributed by atoms with Crippen LogP contribution in [-0.2, 0) is 0 Å². The van der Waals surface area contributed by atoms with Gasteiger partial charge in [0.2, 0.25) is 5.95 Å². The van der Waals surface area contributed by atoms with Crippen molar-refractivity contribution in [2.45, 2.75) is 19.4 Å². The molecule has 1 unspecified atom stereocenters. The molecule has 5 heteroatoms. The van der Waals surface area contributed by atoms with E-state index in [-0.39, 0.29) is 6.04 Å². The minimum Gasteiger partial charge on any atom is -0.344 e. The fourth-order valence-corrected chi connectivity index (χ4v) is 1.000. The van der Waals surface area contributed by atoms with Crippen LogP contribution in [0.2, 0.25) is 0 Å². The number of nitrogens with two attached hydrogens (primary N) is 1. The highest BCUT2D eigenvalue weighted by atomic mass is 19.1. The fraction of sp³-hybridized carbons (Fsp3) is 0.556. The van der Waals surface area contributed by atoms with Gasteiger partial charge in [0.15, 0.2) is 5.82 Å². The Morgan fingerprint density at radius 1 is 1.50 bits per heavy atom. The Bertz CT molecular complexity index is 273. The molecule has 0 fully saturated rings. The van der Waals surface area contributed by atoms with Crippen molar-refractivity contribution in [2.24, 2.45) is 5.73 Å². The summed E-state index contributed by atoms with van der Waals surface area (Å²) in [7, 11) is 1.86. The highest BCUT2D eigenvalue weighted by molar-refractivity contribution is 5.26. The summed E-state index contributed by atoms with van der Waals surface area (Å²) in [6.07, 6.45) is 3.17. The average Bonchev–Trinajstić information content (AvgIpc) is 2.15. The largest absolute Gasteiger partial charge is 0.344 e. The van der Waals surface area contributed by atoms with E-state index in [1.807, 2.05) is 18.9 Å². The van der Waals surface area contributed by atoms with Crippen LogP contribution in [0.15, 0.2) is 12.4 Å². The van der Waals surface area contributed by atoms with Crippen LogP contribution in [0.25, 0.3) is 0 Å². The van der Waals surface area contributed by atoms with Crippen molar-refractivity contribution in [3.63, 3.8) is 0 Å². The third kappa shape index (κ3) is 3.26. The van der Waals surface area contributed by atoms with Gasteiger partial charge >= 0.3 is 0 Å². The van der Waals surface area contributed by atoms with Crippen LogP contribution >= 0.6 is 0 Å². The summed E-state index contributed by atoms with van der Waals surface area (Å²) < 4.78 is 12.5. The number of rotatable bonds is 4. The molecule has 0 aliphatic rings. The first kappa shape index (κ1) is 10.8. The van der Waals surface area contributed by atoms with Crippen LogP contribution < -0.4 is 10.6 Å². The molecule has 0 aromatic carbocycles. The molecule has 0 radical (unpaired) electrons. The predicted molar refractivity (Wildman–Crippen MR) is 53.5 cm³/mol. The van der Waals surface area contributed by atoms with E-state index >= 15 is 0 Å². The summed E-state index contributed by atoms with van der Waals surface area (Å²) in [5, 5.41) is 0. The van der Waals surface area contributed by atoms with Crippen molar-refractivity contribution in [3.05, 3.63) is 18.2 Å². The zero-order chi connectivity index (χ0) is 10.6. The standard InChI is InChI=1S/C9H15FN4/c1-7(11)3-4-14(2)9-12-5-8(10)6-13-9/h5-7H,3-4,11H2,1-2H3. The van der Waals surface area contributed by atoms with E-state index in [1.54, 1.807) is 0 Å². The van der Waals surface area contributed by atoms with Crippen molar-refractivity contribution in [3.8, 4) is 0 Å². The maximum absolute atomic E-state index is 12.5. The van der Waals surface area contributed by atoms with Gasteiger partial charge in [-0.3, -0.25) is 0 Å². The number of halogens is 1. The van der Waals surface area contributed by atoms with Crippen molar-refractivity contribution >= 4 is 5.95 Å². The molecule has 0 bridgehead atoms. The molecule has 78 valence electrons. The van der Waals surface area contributed by atoms with E-state index in [0.29, 0.717) is 5.95 Å². The molecule has 0 aliphatic heterocycles. The van der Waals surface area contributed by atoms with E-state index in [1.165, 1.54) is 0 Å². The van der Waals surface area contributed by atoms with Crippen LogP contribution in [-0.4, -0.2) is 29.6 Å². The van der Waals surface area contributed by atoms with Gasteiger partial charge in [-0.25, -0.2) is 14.4 Å². The maximum Gasteiger partial charge on any atom is 0.225 e. The molecule has 0 aliphatic carbocycles. The third-order valence-electron chi connectivity index (χ3n) is 1.87. The van der Waals surface area contributed by atoms with Gasteiger partial charge < -0.3 is 10.6 Å². The summed E-state index contributed by atoms with van der Waals surface area (Å²) >= 11 is 0. The van der Waals surface area contributed by atoms with E-state index in [9.17, 15) is 4.39 Å². The van der Waals surface area contributed by atoms with Gasteiger partial charge in [-0.05, 0) is 13.3 Å². The molecule has 2 N–H and O–H groups in total. The van der Waals surface area contributed by atoms with E-state index in [2.05, 4.69) is 9.97 Å². The Labute approximate surface area is 83.0 Å². The molecular formula is C9H15FN4. The van der Waals surface area contributed by atoms with E-state index in [0.717, 1.165) is 25.4 Å². The van der Waals surface area contributed by atoms with Crippen molar-refractivity contribution in [1.29, 1.82) is 0 Å². The van der Waals surface area contributed by atoms with Gasteiger partial charge in [0.1, 0.15) is 0 Å². The van der Waals surface area contributed by atoms with Gasteiger partial charge in [-0.2, -0.15) is 0 Å². The molecule has 0 saturated heterocycles. The number of aromatic nitrogens is 2. The molecule has 4 nitrogen and oxygen atoms in total.